The number of nitrogens with zero attached hydrogens (tertiary/aromatic N) is 5. The molecule has 0 aliphatic heterocycles. The number of fused-ring (bicyclic) bond motifs is 11. The normalized spacial score (nSPS) is 12.4. The largest absolute Gasteiger partial charge is 0.510 e. The van der Waals surface area contributed by atoms with Gasteiger partial charge in [-0.25, -0.2) is 4.98 Å². The predicted molar refractivity (Wildman–Crippen MR) is 247 cm³/mol. The zero-order chi connectivity index (χ0) is 42.9. The van der Waals surface area contributed by atoms with Crippen LogP contribution in [-0.4, -0.2) is 18.7 Å². The summed E-state index contributed by atoms with van der Waals surface area (Å²) in [5.74, 6) is 1.65. The summed E-state index contributed by atoms with van der Waals surface area (Å²) in [7, 11) is 0. The SMILES string of the molecule is [2H]C([2H])([2H])[n+]1[c-]n(-c2[c-]c(Oc3[c-]c4c(cc3)c3ccccc3n4-c3cc(-n4c5ccccc5c5ccccc5c5ccccc5c5ccccc54)ccn3)ccc2)c2ccccc21.[Pt]. The van der Waals surface area contributed by atoms with Gasteiger partial charge in [0.05, 0.1) is 38.8 Å². The van der Waals surface area contributed by atoms with Gasteiger partial charge >= 0.3 is 0 Å². The molecule has 0 unspecified atom stereocenters. The number of benzene rings is 8. The number of hydrogen-bond donors (Lipinski definition) is 0. The van der Waals surface area contributed by atoms with Gasteiger partial charge in [0.2, 0.25) is 6.33 Å². The van der Waals surface area contributed by atoms with E-state index in [1.807, 2.05) is 60.8 Å². The molecule has 0 amide bonds. The van der Waals surface area contributed by atoms with E-state index in [0.717, 1.165) is 65.9 Å². The molecule has 298 valence electrons. The average molecular weight is 980 g/mol. The maximum absolute atomic E-state index is 8.11. The smallest absolute Gasteiger partial charge is 0.242 e. The van der Waals surface area contributed by atoms with Gasteiger partial charge in [0.25, 0.3) is 0 Å². The van der Waals surface area contributed by atoms with Crippen LogP contribution in [0.3, 0.4) is 0 Å². The Morgan fingerprint density at radius 1 is 0.500 bits per heavy atom. The van der Waals surface area contributed by atoms with Crippen LogP contribution in [0.15, 0.2) is 194 Å². The number of para-hydroxylation sites is 5. The van der Waals surface area contributed by atoms with E-state index < -0.39 is 6.98 Å². The van der Waals surface area contributed by atoms with Gasteiger partial charge in [-0.05, 0) is 51.2 Å². The third-order valence-corrected chi connectivity index (χ3v) is 11.6. The van der Waals surface area contributed by atoms with Crippen LogP contribution in [0.25, 0.3) is 93.4 Å². The third kappa shape index (κ3) is 6.06. The average Bonchev–Trinajstić information content (AvgIpc) is 3.90. The molecule has 4 heterocycles. The molecule has 0 bridgehead atoms. The Balaban J connectivity index is 0.00000469. The molecule has 8 aromatic carbocycles. The molecule has 0 aliphatic rings. The minimum Gasteiger partial charge on any atom is -0.510 e. The van der Waals surface area contributed by atoms with Crippen LogP contribution in [0, 0.1) is 18.5 Å². The number of hydrogen-bond acceptors (Lipinski definition) is 2. The Kier molecular flexibility index (Phi) is 8.38. The molecule has 0 atom stereocenters. The Bertz CT molecular complexity index is 3800. The van der Waals surface area contributed by atoms with Crippen LogP contribution in [0.2, 0.25) is 0 Å². The molecular weight excluding hydrogens is 942 g/mol. The first kappa shape index (κ1) is 34.2. The molecule has 7 heteroatoms. The van der Waals surface area contributed by atoms with Gasteiger partial charge in [-0.15, -0.1) is 29.7 Å². The molecule has 6 nitrogen and oxygen atoms in total. The number of aromatic nitrogens is 5. The van der Waals surface area contributed by atoms with Crippen LogP contribution in [0.5, 0.6) is 11.5 Å². The summed E-state index contributed by atoms with van der Waals surface area (Å²) in [6.07, 6.45) is 4.90. The van der Waals surface area contributed by atoms with Crippen molar-refractivity contribution in [3.63, 3.8) is 0 Å². The van der Waals surface area contributed by atoms with Crippen molar-refractivity contribution in [1.29, 1.82) is 0 Å². The summed E-state index contributed by atoms with van der Waals surface area (Å²) in [5.41, 5.74) is 6.64. The van der Waals surface area contributed by atoms with Crippen molar-refractivity contribution >= 4 is 76.2 Å². The summed E-state index contributed by atoms with van der Waals surface area (Å²) in [6, 6.07) is 70.9. The van der Waals surface area contributed by atoms with Gasteiger partial charge in [-0.2, -0.15) is 18.2 Å². The van der Waals surface area contributed by atoms with Crippen molar-refractivity contribution in [3.05, 3.63) is 213 Å². The molecule has 0 spiro atoms. The topological polar surface area (TPSA) is 40.8 Å². The number of rotatable bonds is 5. The first-order valence-electron chi connectivity index (χ1n) is 21.6. The Labute approximate surface area is 375 Å². The maximum Gasteiger partial charge on any atom is 0.242 e. The van der Waals surface area contributed by atoms with E-state index in [0.29, 0.717) is 28.2 Å². The zero-order valence-corrected chi connectivity index (χ0v) is 35.2. The number of imidazole rings is 1. The minimum atomic E-state index is -2.41. The summed E-state index contributed by atoms with van der Waals surface area (Å²) < 4.78 is 38.2. The van der Waals surface area contributed by atoms with E-state index in [1.54, 1.807) is 10.6 Å². The monoisotopic (exact) mass is 979 g/mol. The van der Waals surface area contributed by atoms with Gasteiger partial charge in [-0.3, -0.25) is 0 Å². The zero-order valence-electron chi connectivity index (χ0n) is 35.9. The van der Waals surface area contributed by atoms with Crippen molar-refractivity contribution in [2.75, 3.05) is 0 Å². The molecule has 0 saturated carbocycles. The fourth-order valence-electron chi connectivity index (χ4n) is 8.93. The molecule has 0 N–H and O–H groups in total. The van der Waals surface area contributed by atoms with Crippen molar-refractivity contribution < 1.29 is 34.5 Å². The summed E-state index contributed by atoms with van der Waals surface area (Å²) in [6.45, 7) is -2.41. The van der Waals surface area contributed by atoms with Gasteiger partial charge in [-0.1, -0.05) is 139 Å². The summed E-state index contributed by atoms with van der Waals surface area (Å²) in [4.78, 5) is 5.05. The second-order valence-corrected chi connectivity index (χ2v) is 15.0. The van der Waals surface area contributed by atoms with Crippen LogP contribution in [0.1, 0.15) is 4.11 Å². The maximum atomic E-state index is 8.11. The number of pyridine rings is 1. The van der Waals surface area contributed by atoms with Crippen molar-refractivity contribution in [2.24, 2.45) is 6.98 Å². The molecule has 12 aromatic rings. The molecule has 12 rings (SSSR count). The second kappa shape index (κ2) is 15.2. The molecular formula is C55H35N5OPt-2. The van der Waals surface area contributed by atoms with Gasteiger partial charge in [0.15, 0.2) is 0 Å². The Morgan fingerprint density at radius 3 is 1.68 bits per heavy atom. The molecule has 62 heavy (non-hydrogen) atoms. The molecule has 0 saturated heterocycles. The van der Waals surface area contributed by atoms with Crippen LogP contribution < -0.4 is 9.30 Å². The van der Waals surface area contributed by atoms with Crippen molar-refractivity contribution in [2.45, 2.75) is 0 Å². The molecule has 0 aliphatic carbocycles. The van der Waals surface area contributed by atoms with E-state index in [2.05, 4.69) is 155 Å². The van der Waals surface area contributed by atoms with Crippen molar-refractivity contribution in [3.8, 4) is 28.7 Å². The standard InChI is InChI=1S/C55H35N5O.Pt/c1-57-36-58(53-28-13-12-27-52(53)57)37-15-14-16-39(33-37)61-40-29-30-48-47-23-8-11-26-51(47)60(54(48)35-40)55-34-38(31-32-56-55)59-49-24-9-6-21-45(49)43-19-4-2-17-41(43)42-18-3-5-20-44(42)46-22-7-10-25-50(46)59;/h2-32,34H,1H3;/q-2;/i1D3;. The third-order valence-electron chi connectivity index (χ3n) is 11.6. The van der Waals surface area contributed by atoms with Gasteiger partial charge in [0, 0.05) is 61.1 Å². The van der Waals surface area contributed by atoms with Crippen LogP contribution in [-0.2, 0) is 28.0 Å². The fourth-order valence-corrected chi connectivity index (χ4v) is 8.93. The number of aryl methyl sites for hydroxylation is 1. The molecule has 4 aromatic heterocycles. The molecule has 0 radical (unpaired) electrons. The van der Waals surface area contributed by atoms with E-state index in [4.69, 9.17) is 13.8 Å². The quantitative estimate of drug-likeness (QED) is 0.127. The first-order chi connectivity index (χ1) is 31.4. The molecule has 0 fully saturated rings. The fraction of sp³-hybridized carbons (Fsp3) is 0.0182. The number of ether oxygens (including phenoxy) is 1. The van der Waals surface area contributed by atoms with E-state index in [-0.39, 0.29) is 21.1 Å². The van der Waals surface area contributed by atoms with E-state index >= 15 is 0 Å². The Hall–Kier alpha value is -7.53. The van der Waals surface area contributed by atoms with Gasteiger partial charge in [0.1, 0.15) is 5.82 Å². The predicted octanol–water partition coefficient (Wildman–Crippen LogP) is 12.7. The van der Waals surface area contributed by atoms with Crippen LogP contribution in [0.4, 0.5) is 0 Å². The minimum absolute atomic E-state index is 0. The van der Waals surface area contributed by atoms with E-state index in [1.165, 1.54) is 15.3 Å². The van der Waals surface area contributed by atoms with Gasteiger partial charge < -0.3 is 23.0 Å². The summed E-state index contributed by atoms with van der Waals surface area (Å²) in [5, 5.41) is 8.98. The summed E-state index contributed by atoms with van der Waals surface area (Å²) >= 11 is 0. The van der Waals surface area contributed by atoms with Crippen LogP contribution >= 0.6 is 0 Å². The second-order valence-electron chi connectivity index (χ2n) is 15.0. The van der Waals surface area contributed by atoms with E-state index in [9.17, 15) is 0 Å². The first-order valence-corrected chi connectivity index (χ1v) is 20.1. The van der Waals surface area contributed by atoms with Crippen molar-refractivity contribution in [1.82, 2.24) is 18.7 Å². The Morgan fingerprint density at radius 2 is 1.03 bits per heavy atom.